The molecule has 1 N–H and O–H groups in total. The van der Waals surface area contributed by atoms with Crippen LogP contribution >= 0.6 is 0 Å². The van der Waals surface area contributed by atoms with Gasteiger partial charge in [-0.2, -0.15) is 0 Å². The molecule has 0 unspecified atom stereocenters. The number of likely N-dealkylation sites (tertiary alicyclic amines) is 1. The second-order valence-electron chi connectivity index (χ2n) is 6.32. The molecule has 120 valence electrons. The van der Waals surface area contributed by atoms with Gasteiger partial charge in [0.2, 0.25) is 0 Å². The molecule has 1 aromatic heterocycles. The number of rotatable bonds is 3. The molecule has 0 spiro atoms. The van der Waals surface area contributed by atoms with Crippen LogP contribution in [0.3, 0.4) is 0 Å². The van der Waals surface area contributed by atoms with E-state index in [4.69, 9.17) is 4.74 Å². The molecule has 0 bridgehead atoms. The summed E-state index contributed by atoms with van der Waals surface area (Å²) in [6.45, 7) is 3.50. The van der Waals surface area contributed by atoms with Gasteiger partial charge in [-0.15, -0.1) is 0 Å². The van der Waals surface area contributed by atoms with Crippen molar-refractivity contribution in [3.8, 4) is 0 Å². The lowest BCUT2D eigenvalue weighted by Gasteiger charge is -2.27. The summed E-state index contributed by atoms with van der Waals surface area (Å²) in [6, 6.07) is 11.9. The number of ether oxygens (including phenoxy) is 1. The maximum Gasteiger partial charge on any atom is 0.270 e. The number of amides is 1. The fourth-order valence-corrected chi connectivity index (χ4v) is 3.55. The Morgan fingerprint density at radius 3 is 2.83 bits per heavy atom. The van der Waals surface area contributed by atoms with Gasteiger partial charge >= 0.3 is 0 Å². The average molecular weight is 311 g/mol. The Labute approximate surface area is 135 Å². The van der Waals surface area contributed by atoms with E-state index in [1.165, 1.54) is 12.8 Å². The van der Waals surface area contributed by atoms with Crippen molar-refractivity contribution in [3.05, 3.63) is 42.1 Å². The highest BCUT2D eigenvalue weighted by Gasteiger charge is 2.35. The topological polar surface area (TPSA) is 54.5 Å². The summed E-state index contributed by atoms with van der Waals surface area (Å²) in [5, 5.41) is 4.16. The van der Waals surface area contributed by atoms with Crippen LogP contribution < -0.4 is 5.32 Å². The molecule has 4 rings (SSSR count). The fourth-order valence-electron chi connectivity index (χ4n) is 3.55. The van der Waals surface area contributed by atoms with E-state index in [2.05, 4.69) is 15.2 Å². The van der Waals surface area contributed by atoms with Gasteiger partial charge < -0.3 is 10.1 Å². The Morgan fingerprint density at radius 2 is 1.96 bits per heavy atom. The van der Waals surface area contributed by atoms with Gasteiger partial charge in [-0.05, 0) is 38.1 Å². The number of para-hydroxylation sites is 1. The number of hydrogen-bond donors (Lipinski definition) is 1. The van der Waals surface area contributed by atoms with E-state index in [-0.39, 0.29) is 11.9 Å². The first kappa shape index (κ1) is 14.6. The van der Waals surface area contributed by atoms with E-state index < -0.39 is 0 Å². The summed E-state index contributed by atoms with van der Waals surface area (Å²) < 4.78 is 5.61. The average Bonchev–Trinajstić information content (AvgIpc) is 3.25. The molecule has 5 nitrogen and oxygen atoms in total. The molecule has 1 amide bonds. The molecule has 2 fully saturated rings. The van der Waals surface area contributed by atoms with Crippen LogP contribution in [0.25, 0.3) is 10.9 Å². The van der Waals surface area contributed by atoms with Gasteiger partial charge in [-0.3, -0.25) is 9.69 Å². The van der Waals surface area contributed by atoms with Gasteiger partial charge in [0.25, 0.3) is 5.91 Å². The Kier molecular flexibility index (Phi) is 3.97. The molecule has 2 saturated heterocycles. The van der Waals surface area contributed by atoms with Gasteiger partial charge in [0.15, 0.2) is 0 Å². The number of benzene rings is 1. The van der Waals surface area contributed by atoms with Crippen molar-refractivity contribution in [2.75, 3.05) is 26.3 Å². The largest absolute Gasteiger partial charge is 0.378 e. The van der Waals surface area contributed by atoms with Crippen LogP contribution in [0.1, 0.15) is 23.3 Å². The van der Waals surface area contributed by atoms with Crippen molar-refractivity contribution < 1.29 is 9.53 Å². The fraction of sp³-hybridized carbons (Fsp3) is 0.444. The van der Waals surface area contributed by atoms with Crippen molar-refractivity contribution in [1.29, 1.82) is 0 Å². The second kappa shape index (κ2) is 6.26. The highest BCUT2D eigenvalue weighted by molar-refractivity contribution is 5.95. The van der Waals surface area contributed by atoms with E-state index in [0.29, 0.717) is 24.9 Å². The second-order valence-corrected chi connectivity index (χ2v) is 6.32. The number of carbonyl (C=O) groups excluding carboxylic acids is 1. The van der Waals surface area contributed by atoms with Gasteiger partial charge in [-0.1, -0.05) is 24.3 Å². The predicted octanol–water partition coefficient (Wildman–Crippen LogP) is 1.83. The van der Waals surface area contributed by atoms with Crippen LogP contribution in [0.5, 0.6) is 0 Å². The normalized spacial score (nSPS) is 25.0. The smallest absolute Gasteiger partial charge is 0.270 e. The third-order valence-corrected chi connectivity index (χ3v) is 4.81. The third kappa shape index (κ3) is 2.94. The Balaban J connectivity index is 1.49. The highest BCUT2D eigenvalue weighted by Crippen LogP contribution is 2.19. The summed E-state index contributed by atoms with van der Waals surface area (Å²) in [5.41, 5.74) is 1.31. The minimum atomic E-state index is -0.115. The zero-order chi connectivity index (χ0) is 15.6. The minimum Gasteiger partial charge on any atom is -0.378 e. The number of fused-ring (bicyclic) bond motifs is 1. The first-order valence-electron chi connectivity index (χ1n) is 8.30. The lowest BCUT2D eigenvalue weighted by Crippen LogP contribution is -2.50. The van der Waals surface area contributed by atoms with Gasteiger partial charge in [0, 0.05) is 5.39 Å². The number of pyridine rings is 1. The van der Waals surface area contributed by atoms with Crippen LogP contribution in [0.15, 0.2) is 36.4 Å². The first-order chi connectivity index (χ1) is 11.3. The molecule has 5 heteroatoms. The Bertz CT molecular complexity index is 712. The minimum absolute atomic E-state index is 0.0499. The summed E-state index contributed by atoms with van der Waals surface area (Å²) in [6.07, 6.45) is 2.48. The maximum atomic E-state index is 12.6. The molecule has 0 saturated carbocycles. The Hall–Kier alpha value is -1.98. The van der Waals surface area contributed by atoms with Gasteiger partial charge in [-0.25, -0.2) is 4.98 Å². The van der Waals surface area contributed by atoms with E-state index >= 15 is 0 Å². The van der Waals surface area contributed by atoms with Crippen LogP contribution in [0.4, 0.5) is 0 Å². The number of aromatic nitrogens is 1. The number of carbonyl (C=O) groups is 1. The molecule has 2 aromatic rings. The van der Waals surface area contributed by atoms with Crippen molar-refractivity contribution in [2.24, 2.45) is 0 Å². The van der Waals surface area contributed by atoms with Crippen LogP contribution in [0, 0.1) is 0 Å². The summed E-state index contributed by atoms with van der Waals surface area (Å²) >= 11 is 0. The van der Waals surface area contributed by atoms with Gasteiger partial charge in [0.05, 0.1) is 30.8 Å². The quantitative estimate of drug-likeness (QED) is 0.939. The SMILES string of the molecule is O=C(N[C@H]1COC[C@@H]1N1CCCC1)c1ccc2ccccc2n1. The van der Waals surface area contributed by atoms with Crippen LogP contribution in [0.2, 0.25) is 0 Å². The summed E-state index contributed by atoms with van der Waals surface area (Å²) in [4.78, 5) is 19.5. The number of nitrogens with zero attached hydrogens (tertiary/aromatic N) is 2. The molecule has 3 heterocycles. The molecular formula is C18H21N3O2. The van der Waals surface area contributed by atoms with Crippen molar-refractivity contribution >= 4 is 16.8 Å². The Morgan fingerprint density at radius 1 is 1.13 bits per heavy atom. The standard InChI is InChI=1S/C18H21N3O2/c22-18(15-8-7-13-5-1-2-6-14(13)19-15)20-16-11-23-12-17(16)21-9-3-4-10-21/h1-2,5-8,16-17H,3-4,9-12H2,(H,20,22)/t16-,17-/m0/s1. The van der Waals surface area contributed by atoms with Crippen LogP contribution in [-0.2, 0) is 4.74 Å². The maximum absolute atomic E-state index is 12.6. The first-order valence-corrected chi connectivity index (χ1v) is 8.30. The molecule has 1 aromatic carbocycles. The highest BCUT2D eigenvalue weighted by atomic mass is 16.5. The summed E-state index contributed by atoms with van der Waals surface area (Å²) in [7, 11) is 0. The van der Waals surface area contributed by atoms with Gasteiger partial charge in [0.1, 0.15) is 5.69 Å². The summed E-state index contributed by atoms with van der Waals surface area (Å²) in [5.74, 6) is -0.115. The van der Waals surface area contributed by atoms with E-state index in [1.54, 1.807) is 6.07 Å². The molecule has 0 radical (unpaired) electrons. The number of hydrogen-bond acceptors (Lipinski definition) is 4. The molecule has 2 aliphatic heterocycles. The van der Waals surface area contributed by atoms with Crippen molar-refractivity contribution in [3.63, 3.8) is 0 Å². The van der Waals surface area contributed by atoms with Crippen molar-refractivity contribution in [1.82, 2.24) is 15.2 Å². The van der Waals surface area contributed by atoms with Crippen LogP contribution in [-0.4, -0.2) is 54.2 Å². The monoisotopic (exact) mass is 311 g/mol. The molecular weight excluding hydrogens is 290 g/mol. The lowest BCUT2D eigenvalue weighted by molar-refractivity contribution is 0.0912. The van der Waals surface area contributed by atoms with E-state index in [1.807, 2.05) is 30.3 Å². The third-order valence-electron chi connectivity index (χ3n) is 4.81. The molecule has 23 heavy (non-hydrogen) atoms. The number of nitrogens with one attached hydrogen (secondary N) is 1. The van der Waals surface area contributed by atoms with E-state index in [0.717, 1.165) is 24.0 Å². The zero-order valence-electron chi connectivity index (χ0n) is 13.1. The predicted molar refractivity (Wildman–Crippen MR) is 88.4 cm³/mol. The molecule has 2 aliphatic rings. The molecule has 2 atom stereocenters. The van der Waals surface area contributed by atoms with Crippen molar-refractivity contribution in [2.45, 2.75) is 24.9 Å². The lowest BCUT2D eigenvalue weighted by atomic mass is 10.1. The van der Waals surface area contributed by atoms with E-state index in [9.17, 15) is 4.79 Å². The zero-order valence-corrected chi connectivity index (χ0v) is 13.1. The molecule has 0 aliphatic carbocycles.